The van der Waals surface area contributed by atoms with Crippen LogP contribution in [0.5, 0.6) is 0 Å². The maximum atomic E-state index is 14.1. The van der Waals surface area contributed by atoms with Crippen LogP contribution in [0.1, 0.15) is 5.69 Å². The fourth-order valence-electron chi connectivity index (χ4n) is 3.08. The molecule has 0 amide bonds. The Hall–Kier alpha value is -1.68. The molecule has 2 aromatic heterocycles. The smallest absolute Gasteiger partial charge is 0.239 e. The van der Waals surface area contributed by atoms with Crippen LogP contribution >= 0.6 is 36.4 Å². The van der Waals surface area contributed by atoms with Gasteiger partial charge in [0.25, 0.3) is 0 Å². The summed E-state index contributed by atoms with van der Waals surface area (Å²) in [7, 11) is -3.91. The molecule has 1 aromatic carbocycles. The van der Waals surface area contributed by atoms with Crippen molar-refractivity contribution >= 4 is 57.3 Å². The molecule has 0 aliphatic heterocycles. The Morgan fingerprint density at radius 1 is 1.28 bits per heavy atom. The Kier molecular flexibility index (Phi) is 8.64. The number of fused-ring (bicyclic) bond motifs is 1. The van der Waals surface area contributed by atoms with Crippen molar-refractivity contribution in [2.45, 2.75) is 18.4 Å². The van der Waals surface area contributed by atoms with Gasteiger partial charge in [0, 0.05) is 51.7 Å². The fourth-order valence-corrected chi connectivity index (χ4v) is 3.75. The van der Waals surface area contributed by atoms with E-state index in [1.54, 1.807) is 22.8 Å². The van der Waals surface area contributed by atoms with Crippen molar-refractivity contribution in [1.82, 2.24) is 9.55 Å². The number of primary sulfonamides is 1. The normalized spacial score (nSPS) is 11.8. The maximum Gasteiger partial charge on any atom is 0.239 e. The van der Waals surface area contributed by atoms with Crippen molar-refractivity contribution in [3.8, 4) is 11.1 Å². The molecule has 0 saturated heterocycles. The molecule has 0 aliphatic rings. The Morgan fingerprint density at radius 3 is 2.59 bits per heavy atom. The van der Waals surface area contributed by atoms with Crippen molar-refractivity contribution in [2.75, 3.05) is 6.54 Å². The van der Waals surface area contributed by atoms with Crippen LogP contribution in [0.15, 0.2) is 53.5 Å². The first-order valence-corrected chi connectivity index (χ1v) is 9.96. The van der Waals surface area contributed by atoms with Gasteiger partial charge in [-0.05, 0) is 37.3 Å². The minimum atomic E-state index is -3.91. The van der Waals surface area contributed by atoms with Gasteiger partial charge in [0.15, 0.2) is 0 Å². The van der Waals surface area contributed by atoms with E-state index in [0.717, 1.165) is 16.6 Å². The molecule has 0 spiro atoms. The molecule has 6 nitrogen and oxygen atoms in total. The van der Waals surface area contributed by atoms with Crippen LogP contribution in [0.2, 0.25) is 5.02 Å². The molecular formula is C18H20Cl3FN4O2S. The lowest BCUT2D eigenvalue weighted by molar-refractivity contribution is 0.555. The first-order chi connectivity index (χ1) is 12.7. The predicted octanol–water partition coefficient (Wildman–Crippen LogP) is 3.97. The zero-order chi connectivity index (χ0) is 19.8. The third kappa shape index (κ3) is 5.28. The molecule has 2 heterocycles. The summed E-state index contributed by atoms with van der Waals surface area (Å²) in [5, 5.41) is 6.49. The molecule has 29 heavy (non-hydrogen) atoms. The molecule has 0 radical (unpaired) electrons. The van der Waals surface area contributed by atoms with E-state index in [4.69, 9.17) is 22.5 Å². The lowest BCUT2D eigenvalue weighted by atomic mass is 10.0. The lowest BCUT2D eigenvalue weighted by Crippen LogP contribution is -2.12. The summed E-state index contributed by atoms with van der Waals surface area (Å²) in [4.78, 5) is 3.89. The van der Waals surface area contributed by atoms with Crippen LogP contribution in [0.25, 0.3) is 22.0 Å². The van der Waals surface area contributed by atoms with Crippen LogP contribution < -0.4 is 10.9 Å². The number of hydrogen-bond acceptors (Lipinski definition) is 4. The largest absolute Gasteiger partial charge is 0.337 e. The van der Waals surface area contributed by atoms with Gasteiger partial charge < -0.3 is 10.3 Å². The molecule has 0 fully saturated rings. The predicted molar refractivity (Wildman–Crippen MR) is 119 cm³/mol. The van der Waals surface area contributed by atoms with Crippen molar-refractivity contribution in [1.29, 1.82) is 0 Å². The Balaban J connectivity index is 0.00000210. The lowest BCUT2D eigenvalue weighted by Gasteiger charge is -2.08. The molecule has 0 saturated carbocycles. The molecule has 158 valence electrons. The number of pyridine rings is 1. The number of rotatable bonds is 5. The van der Waals surface area contributed by atoms with Crippen molar-refractivity contribution in [3.05, 3.63) is 59.3 Å². The fraction of sp³-hybridized carbons (Fsp3) is 0.167. The quantitative estimate of drug-likeness (QED) is 0.575. The summed E-state index contributed by atoms with van der Waals surface area (Å²) in [6.07, 6.45) is 4.03. The summed E-state index contributed by atoms with van der Waals surface area (Å²) in [5.74, 6) is -0.365. The van der Waals surface area contributed by atoms with E-state index in [1.165, 1.54) is 24.5 Å². The molecule has 3 aromatic rings. The first kappa shape index (κ1) is 25.4. The van der Waals surface area contributed by atoms with E-state index in [0.29, 0.717) is 16.1 Å². The Bertz CT molecular complexity index is 1160. The highest BCUT2D eigenvalue weighted by atomic mass is 35.5. The van der Waals surface area contributed by atoms with Crippen LogP contribution in [0.3, 0.4) is 0 Å². The summed E-state index contributed by atoms with van der Waals surface area (Å²) in [6, 6.07) is 6.71. The van der Waals surface area contributed by atoms with Gasteiger partial charge in [0.2, 0.25) is 10.0 Å². The number of allylic oxidation sites excluding steroid dienone is 1. The van der Waals surface area contributed by atoms with Crippen molar-refractivity contribution in [2.24, 2.45) is 10.9 Å². The monoisotopic (exact) mass is 480 g/mol. The molecule has 11 heteroatoms. The number of halogens is 4. The van der Waals surface area contributed by atoms with Gasteiger partial charge in [0.1, 0.15) is 10.7 Å². The third-order valence-electron chi connectivity index (χ3n) is 4.26. The number of hydrogen-bond donors (Lipinski definition) is 2. The molecule has 0 unspecified atom stereocenters. The topological polar surface area (TPSA) is 104 Å². The van der Waals surface area contributed by atoms with E-state index in [1.807, 2.05) is 6.92 Å². The number of nitrogens with zero attached hydrogens (tertiary/aromatic N) is 2. The number of sulfonamides is 1. The molecular weight excluding hydrogens is 462 g/mol. The molecule has 0 bridgehead atoms. The second-order valence-electron chi connectivity index (χ2n) is 6.05. The van der Waals surface area contributed by atoms with E-state index < -0.39 is 10.0 Å². The van der Waals surface area contributed by atoms with Crippen LogP contribution in [-0.4, -0.2) is 24.5 Å². The van der Waals surface area contributed by atoms with Crippen LogP contribution in [0.4, 0.5) is 4.39 Å². The molecule has 4 N–H and O–H groups in total. The minimum absolute atomic E-state index is 0. The van der Waals surface area contributed by atoms with E-state index >= 15 is 0 Å². The van der Waals surface area contributed by atoms with Crippen LogP contribution in [-0.2, 0) is 16.6 Å². The highest BCUT2D eigenvalue weighted by Crippen LogP contribution is 2.36. The van der Waals surface area contributed by atoms with Gasteiger partial charge in [-0.25, -0.2) is 17.9 Å². The average molecular weight is 482 g/mol. The zero-order valence-electron chi connectivity index (χ0n) is 15.3. The van der Waals surface area contributed by atoms with Crippen molar-refractivity contribution < 1.29 is 12.8 Å². The van der Waals surface area contributed by atoms with E-state index in [-0.39, 0.29) is 48.6 Å². The van der Waals surface area contributed by atoms with Gasteiger partial charge in [-0.1, -0.05) is 11.6 Å². The van der Waals surface area contributed by atoms with Gasteiger partial charge in [-0.2, -0.15) is 0 Å². The second-order valence-corrected chi connectivity index (χ2v) is 8.05. The van der Waals surface area contributed by atoms with Gasteiger partial charge in [-0.3, -0.25) is 4.98 Å². The van der Waals surface area contributed by atoms with E-state index in [2.05, 4.69) is 4.98 Å². The van der Waals surface area contributed by atoms with Gasteiger partial charge >= 0.3 is 0 Å². The van der Waals surface area contributed by atoms with Crippen molar-refractivity contribution in [3.63, 3.8) is 0 Å². The highest BCUT2D eigenvalue weighted by Gasteiger charge is 2.19. The second kappa shape index (κ2) is 9.88. The number of aromatic nitrogens is 2. The minimum Gasteiger partial charge on any atom is -0.337 e. The SMILES string of the molecule is Cc1c(-c2cncc(S(N)(=O)=O)c2)c2cc(Cl)ccc2n1C/C(F)=C/CN.Cl.Cl. The summed E-state index contributed by atoms with van der Waals surface area (Å²) in [5.41, 5.74) is 8.15. The van der Waals surface area contributed by atoms with Gasteiger partial charge in [0.05, 0.1) is 6.54 Å². The summed E-state index contributed by atoms with van der Waals surface area (Å²) in [6.45, 7) is 1.93. The third-order valence-corrected chi connectivity index (χ3v) is 5.38. The zero-order valence-corrected chi connectivity index (χ0v) is 18.5. The highest BCUT2D eigenvalue weighted by molar-refractivity contribution is 7.89. The van der Waals surface area contributed by atoms with Crippen LogP contribution in [0, 0.1) is 6.92 Å². The first-order valence-electron chi connectivity index (χ1n) is 8.03. The molecule has 3 rings (SSSR count). The Morgan fingerprint density at radius 2 is 1.97 bits per heavy atom. The maximum absolute atomic E-state index is 14.1. The summed E-state index contributed by atoms with van der Waals surface area (Å²) >= 11 is 6.16. The average Bonchev–Trinajstić information content (AvgIpc) is 2.86. The van der Waals surface area contributed by atoms with E-state index in [9.17, 15) is 12.8 Å². The number of benzene rings is 1. The molecule has 0 aliphatic carbocycles. The standard InChI is InChI=1S/C18H18ClFN4O2S.2ClH/c1-11-18(12-6-15(9-23-8-12)27(22,25)26)16-7-13(19)2-3-17(16)24(11)10-14(20)4-5-21;;/h2-4,6-9H,5,10,21H2,1H3,(H2,22,25,26);2*1H/b14-4-;;. The molecule has 0 atom stereocenters. The Labute approximate surface area is 185 Å². The summed E-state index contributed by atoms with van der Waals surface area (Å²) < 4.78 is 39.3. The number of nitrogens with two attached hydrogens (primary N) is 2. The van der Waals surface area contributed by atoms with Gasteiger partial charge in [-0.15, -0.1) is 24.8 Å².